The molecular formula is C32H12N6. The molecule has 5 rings (SSSR count). The highest BCUT2D eigenvalue weighted by Gasteiger charge is 2.36. The molecule has 0 fully saturated rings. The van der Waals surface area contributed by atoms with E-state index in [0.717, 1.165) is 0 Å². The van der Waals surface area contributed by atoms with E-state index < -0.39 is 0 Å². The van der Waals surface area contributed by atoms with Crippen molar-refractivity contribution in [1.82, 2.24) is 0 Å². The standard InChI is InChI=1S/C32H12N6/c1-37-27(17-35)31-23-14-24-22(13-21(23)25(15-33)29(31)19-9-5-3-6-10-19)26(16-34)30(20-11-7-4-8-12-20)32(24)28(18-36)38-2/h3-14H/b31-27-,32-28+. The first-order chi connectivity index (χ1) is 18.6. The van der Waals surface area contributed by atoms with Crippen LogP contribution in [0.4, 0.5) is 0 Å². The molecule has 0 N–H and O–H groups in total. The number of rotatable bonds is 2. The lowest BCUT2D eigenvalue weighted by atomic mass is 9.91. The van der Waals surface area contributed by atoms with Crippen LogP contribution in [0.3, 0.4) is 0 Å². The highest BCUT2D eigenvalue weighted by molar-refractivity contribution is 6.29. The Morgan fingerprint density at radius 1 is 0.553 bits per heavy atom. The largest absolute Gasteiger partial charge is 0.270 e. The number of hydrogen-bond donors (Lipinski definition) is 0. The maximum Gasteiger partial charge on any atom is 0.270 e. The fourth-order valence-corrected chi connectivity index (χ4v) is 5.00. The topological polar surface area (TPSA) is 104 Å². The summed E-state index contributed by atoms with van der Waals surface area (Å²) in [5, 5.41) is 40.2. The van der Waals surface area contributed by atoms with E-state index in [0.29, 0.717) is 55.7 Å². The zero-order valence-corrected chi connectivity index (χ0v) is 19.6. The van der Waals surface area contributed by atoms with Crippen molar-refractivity contribution in [2.24, 2.45) is 0 Å². The molecule has 0 aromatic heterocycles. The van der Waals surface area contributed by atoms with E-state index in [9.17, 15) is 21.0 Å². The van der Waals surface area contributed by atoms with Crippen molar-refractivity contribution in [3.05, 3.63) is 140 Å². The summed E-state index contributed by atoms with van der Waals surface area (Å²) in [6.45, 7) is 15.3. The van der Waals surface area contributed by atoms with Crippen molar-refractivity contribution < 1.29 is 0 Å². The highest BCUT2D eigenvalue weighted by atomic mass is 14.7. The first-order valence-corrected chi connectivity index (χ1v) is 11.3. The van der Waals surface area contributed by atoms with Crippen LogP contribution in [0.2, 0.25) is 0 Å². The van der Waals surface area contributed by atoms with Gasteiger partial charge in [-0.2, -0.15) is 10.5 Å². The molecule has 0 radical (unpaired) electrons. The van der Waals surface area contributed by atoms with Gasteiger partial charge in [-0.15, -0.1) is 0 Å². The quantitative estimate of drug-likeness (QED) is 0.294. The fourth-order valence-electron chi connectivity index (χ4n) is 5.00. The van der Waals surface area contributed by atoms with Gasteiger partial charge in [0.25, 0.3) is 11.4 Å². The molecule has 0 bridgehead atoms. The van der Waals surface area contributed by atoms with Gasteiger partial charge in [-0.3, -0.25) is 0 Å². The van der Waals surface area contributed by atoms with Gasteiger partial charge in [-0.1, -0.05) is 60.7 Å². The Hall–Kier alpha value is -6.44. The van der Waals surface area contributed by atoms with E-state index in [2.05, 4.69) is 21.8 Å². The molecule has 3 aromatic rings. The van der Waals surface area contributed by atoms with Gasteiger partial charge in [0, 0.05) is 22.3 Å². The molecule has 2 aliphatic rings. The maximum absolute atomic E-state index is 10.2. The summed E-state index contributed by atoms with van der Waals surface area (Å²) in [6, 6.07) is 29.9. The van der Waals surface area contributed by atoms with E-state index >= 15 is 0 Å². The highest BCUT2D eigenvalue weighted by Crippen LogP contribution is 2.54. The molecule has 6 nitrogen and oxygen atoms in total. The molecule has 0 aliphatic heterocycles. The van der Waals surface area contributed by atoms with E-state index in [-0.39, 0.29) is 22.5 Å². The molecule has 0 atom stereocenters. The second kappa shape index (κ2) is 9.31. The average Bonchev–Trinajstić information content (AvgIpc) is 3.46. The fraction of sp³-hybridized carbons (Fsp3) is 0. The molecule has 170 valence electrons. The molecule has 3 aromatic carbocycles. The smallest absolute Gasteiger partial charge is 0.226 e. The van der Waals surface area contributed by atoms with Crippen LogP contribution in [0.15, 0.2) is 84.2 Å². The summed E-state index contributed by atoms with van der Waals surface area (Å²) in [4.78, 5) is 6.91. The number of benzene rings is 3. The summed E-state index contributed by atoms with van der Waals surface area (Å²) < 4.78 is 0. The molecule has 0 heterocycles. The minimum atomic E-state index is -0.179. The number of fused-ring (bicyclic) bond motifs is 2. The third-order valence-electron chi connectivity index (χ3n) is 6.49. The lowest BCUT2D eigenvalue weighted by Gasteiger charge is -2.12. The van der Waals surface area contributed by atoms with E-state index in [1.165, 1.54) is 0 Å². The first-order valence-electron chi connectivity index (χ1n) is 11.3. The van der Waals surface area contributed by atoms with E-state index in [1.807, 2.05) is 24.3 Å². The van der Waals surface area contributed by atoms with Gasteiger partial charge < -0.3 is 0 Å². The van der Waals surface area contributed by atoms with Crippen molar-refractivity contribution >= 4 is 33.4 Å². The predicted octanol–water partition coefficient (Wildman–Crippen LogP) is 6.89. The summed E-state index contributed by atoms with van der Waals surface area (Å²) in [5.41, 5.74) is 5.00. The third kappa shape index (κ3) is 3.29. The molecule has 0 spiro atoms. The van der Waals surface area contributed by atoms with Gasteiger partial charge in [0.2, 0.25) is 0 Å². The lowest BCUT2D eigenvalue weighted by molar-refractivity contribution is 1.47. The van der Waals surface area contributed by atoms with Gasteiger partial charge >= 0.3 is 0 Å². The molecule has 38 heavy (non-hydrogen) atoms. The molecule has 6 heteroatoms. The summed E-state index contributed by atoms with van der Waals surface area (Å²) in [7, 11) is 0. The second-order valence-electron chi connectivity index (χ2n) is 8.29. The number of nitrogens with zero attached hydrogens (tertiary/aromatic N) is 6. The van der Waals surface area contributed by atoms with Crippen molar-refractivity contribution in [2.75, 3.05) is 0 Å². The van der Waals surface area contributed by atoms with Crippen LogP contribution in [0.5, 0.6) is 0 Å². The predicted molar refractivity (Wildman–Crippen MR) is 142 cm³/mol. The molecule has 0 saturated carbocycles. The van der Waals surface area contributed by atoms with Crippen LogP contribution in [0, 0.1) is 58.5 Å². The third-order valence-corrected chi connectivity index (χ3v) is 6.49. The monoisotopic (exact) mass is 480 g/mol. The first kappa shape index (κ1) is 23.3. The maximum atomic E-state index is 10.2. The van der Waals surface area contributed by atoms with Crippen molar-refractivity contribution in [3.63, 3.8) is 0 Å². The van der Waals surface area contributed by atoms with Gasteiger partial charge in [0.15, 0.2) is 0 Å². The lowest BCUT2D eigenvalue weighted by Crippen LogP contribution is -1.94. The molecular weight excluding hydrogens is 468 g/mol. The molecule has 0 amide bonds. The Morgan fingerprint density at radius 2 is 0.921 bits per heavy atom. The van der Waals surface area contributed by atoms with Gasteiger partial charge in [0.05, 0.1) is 36.4 Å². The van der Waals surface area contributed by atoms with Crippen molar-refractivity contribution in [3.8, 4) is 24.3 Å². The zero-order chi connectivity index (χ0) is 26.8. The van der Waals surface area contributed by atoms with E-state index in [4.69, 9.17) is 13.1 Å². The Bertz CT molecular complexity index is 1770. The zero-order valence-electron chi connectivity index (χ0n) is 19.6. The Morgan fingerprint density at radius 3 is 1.24 bits per heavy atom. The Balaban J connectivity index is 1.95. The molecule has 0 saturated heterocycles. The van der Waals surface area contributed by atoms with Crippen LogP contribution < -0.4 is 0 Å². The minimum Gasteiger partial charge on any atom is -0.226 e. The van der Waals surface area contributed by atoms with Gasteiger partial charge in [-0.25, -0.2) is 20.2 Å². The minimum absolute atomic E-state index is 0.179. The normalized spacial score (nSPS) is 15.6. The van der Waals surface area contributed by atoms with E-state index in [1.54, 1.807) is 60.7 Å². The Kier molecular flexibility index (Phi) is 5.71. The average molecular weight is 480 g/mol. The summed E-state index contributed by atoms with van der Waals surface area (Å²) in [6.07, 6.45) is 0. The Labute approximate surface area is 219 Å². The van der Waals surface area contributed by atoms with Gasteiger partial charge in [-0.05, 0) is 45.5 Å². The van der Waals surface area contributed by atoms with Crippen molar-refractivity contribution in [1.29, 1.82) is 21.0 Å². The summed E-state index contributed by atoms with van der Waals surface area (Å²) in [5.74, 6) is 0. The SMILES string of the molecule is [C-]#[N+]/C(C#N)=C1\C(c2ccccc2)=C(C#N)c2cc3c(cc21)/C(=C(/C#N)[N+]#[C-])C(c1ccccc1)=C3C#N. The van der Waals surface area contributed by atoms with Gasteiger partial charge in [0.1, 0.15) is 12.1 Å². The molecule has 0 unspecified atom stereocenters. The number of hydrogen-bond acceptors (Lipinski definition) is 4. The number of allylic oxidation sites excluding steroid dienone is 8. The van der Waals surface area contributed by atoms with Crippen LogP contribution >= 0.6 is 0 Å². The van der Waals surface area contributed by atoms with Crippen LogP contribution in [-0.2, 0) is 0 Å². The van der Waals surface area contributed by atoms with Crippen LogP contribution in [0.25, 0.3) is 43.1 Å². The van der Waals surface area contributed by atoms with Crippen molar-refractivity contribution in [2.45, 2.75) is 0 Å². The second-order valence-corrected chi connectivity index (χ2v) is 8.29. The number of nitriles is 4. The summed E-state index contributed by atoms with van der Waals surface area (Å²) >= 11 is 0. The van der Waals surface area contributed by atoms with Crippen LogP contribution in [0.1, 0.15) is 33.4 Å². The molecule has 2 aliphatic carbocycles. The van der Waals surface area contributed by atoms with Crippen LogP contribution in [-0.4, -0.2) is 0 Å².